The average molecular weight is 259 g/mol. The molecule has 0 saturated heterocycles. The third-order valence-electron chi connectivity index (χ3n) is 2.88. The Labute approximate surface area is 114 Å². The summed E-state index contributed by atoms with van der Waals surface area (Å²) in [4.78, 5) is 12.1. The highest BCUT2D eigenvalue weighted by molar-refractivity contribution is 5.89. The van der Waals surface area contributed by atoms with Crippen molar-refractivity contribution >= 4 is 17.0 Å². The van der Waals surface area contributed by atoms with Gasteiger partial charge in [0, 0.05) is 11.6 Å². The van der Waals surface area contributed by atoms with Gasteiger partial charge in [0.25, 0.3) is 0 Å². The van der Waals surface area contributed by atoms with E-state index in [1.165, 1.54) is 5.56 Å². The molecule has 0 aliphatic rings. The largest absolute Gasteiger partial charge is 0.443 e. The van der Waals surface area contributed by atoms with Crippen LogP contribution in [0.15, 0.2) is 30.5 Å². The minimum atomic E-state index is -0.476. The molecule has 1 aromatic carbocycles. The molecule has 0 radical (unpaired) electrons. The Hall–Kier alpha value is -1.77. The van der Waals surface area contributed by atoms with Crippen LogP contribution in [-0.2, 0) is 11.2 Å². The first-order valence-electron chi connectivity index (χ1n) is 6.74. The summed E-state index contributed by atoms with van der Waals surface area (Å²) in [5.41, 5.74) is 1.72. The molecule has 0 N–H and O–H groups in total. The maximum Gasteiger partial charge on any atom is 0.418 e. The van der Waals surface area contributed by atoms with E-state index in [0.717, 1.165) is 23.7 Å². The smallest absolute Gasteiger partial charge is 0.418 e. The Morgan fingerprint density at radius 2 is 2.00 bits per heavy atom. The fraction of sp³-hybridized carbons (Fsp3) is 0.438. The molecule has 3 nitrogen and oxygen atoms in total. The second kappa shape index (κ2) is 5.08. The summed E-state index contributed by atoms with van der Waals surface area (Å²) in [5, 5.41) is 1.08. The summed E-state index contributed by atoms with van der Waals surface area (Å²) in [7, 11) is 0. The molecule has 0 amide bonds. The molecule has 0 saturated carbocycles. The molecule has 0 bridgehead atoms. The van der Waals surface area contributed by atoms with Gasteiger partial charge in [-0.1, -0.05) is 19.4 Å². The molecule has 0 unspecified atom stereocenters. The highest BCUT2D eigenvalue weighted by Gasteiger charge is 2.18. The Kier molecular flexibility index (Phi) is 3.65. The fourth-order valence-electron chi connectivity index (χ4n) is 2.11. The summed E-state index contributed by atoms with van der Waals surface area (Å²) < 4.78 is 6.96. The number of rotatable bonds is 2. The van der Waals surface area contributed by atoms with E-state index in [2.05, 4.69) is 19.1 Å². The van der Waals surface area contributed by atoms with Crippen molar-refractivity contribution in [1.29, 1.82) is 0 Å². The summed E-state index contributed by atoms with van der Waals surface area (Å²) in [6, 6.07) is 8.16. The summed E-state index contributed by atoms with van der Waals surface area (Å²) >= 11 is 0. The zero-order valence-corrected chi connectivity index (χ0v) is 12.1. The van der Waals surface area contributed by atoms with Crippen molar-refractivity contribution in [2.24, 2.45) is 0 Å². The standard InChI is InChI=1S/C16H21NO2/c1-5-6-12-7-8-14-13(11-12)9-10-17(14)15(18)19-16(2,3)4/h7-11H,5-6H2,1-4H3. The Morgan fingerprint density at radius 1 is 1.26 bits per heavy atom. The first-order valence-corrected chi connectivity index (χ1v) is 6.74. The molecular formula is C16H21NO2. The zero-order valence-electron chi connectivity index (χ0n) is 12.1. The molecule has 19 heavy (non-hydrogen) atoms. The van der Waals surface area contributed by atoms with E-state index in [1.54, 1.807) is 10.8 Å². The van der Waals surface area contributed by atoms with E-state index in [9.17, 15) is 4.79 Å². The maximum atomic E-state index is 12.1. The van der Waals surface area contributed by atoms with Crippen molar-refractivity contribution < 1.29 is 9.53 Å². The molecule has 0 spiro atoms. The number of aryl methyl sites for hydroxylation is 1. The van der Waals surface area contributed by atoms with Gasteiger partial charge >= 0.3 is 6.09 Å². The SMILES string of the molecule is CCCc1ccc2c(ccn2C(=O)OC(C)(C)C)c1. The lowest BCUT2D eigenvalue weighted by atomic mass is 10.1. The van der Waals surface area contributed by atoms with Gasteiger partial charge in [-0.15, -0.1) is 0 Å². The van der Waals surface area contributed by atoms with Crippen LogP contribution in [0.2, 0.25) is 0 Å². The normalized spacial score (nSPS) is 11.8. The Balaban J connectivity index is 2.33. The molecule has 102 valence electrons. The first kappa shape index (κ1) is 13.7. The second-order valence-electron chi connectivity index (χ2n) is 5.81. The van der Waals surface area contributed by atoms with Gasteiger partial charge < -0.3 is 4.74 Å². The third-order valence-corrected chi connectivity index (χ3v) is 2.88. The maximum absolute atomic E-state index is 12.1. The number of carbonyl (C=O) groups excluding carboxylic acids is 1. The average Bonchev–Trinajstić information content (AvgIpc) is 2.70. The van der Waals surface area contributed by atoms with Crippen molar-refractivity contribution in [3.05, 3.63) is 36.0 Å². The predicted octanol–water partition coefficient (Wildman–Crippen LogP) is 4.38. The van der Waals surface area contributed by atoms with Crippen molar-refractivity contribution in [3.8, 4) is 0 Å². The van der Waals surface area contributed by atoms with Gasteiger partial charge in [0.1, 0.15) is 5.60 Å². The van der Waals surface area contributed by atoms with E-state index in [1.807, 2.05) is 32.9 Å². The molecule has 2 aromatic rings. The van der Waals surface area contributed by atoms with Crippen LogP contribution in [-0.4, -0.2) is 16.3 Å². The molecule has 0 aliphatic heterocycles. The van der Waals surface area contributed by atoms with Gasteiger partial charge in [-0.25, -0.2) is 4.79 Å². The Bertz CT molecular complexity index is 590. The quantitative estimate of drug-likeness (QED) is 0.801. The van der Waals surface area contributed by atoms with E-state index in [4.69, 9.17) is 4.74 Å². The topological polar surface area (TPSA) is 31.2 Å². The van der Waals surface area contributed by atoms with Gasteiger partial charge in [-0.05, 0) is 51.0 Å². The van der Waals surface area contributed by atoms with Gasteiger partial charge in [0.05, 0.1) is 5.52 Å². The van der Waals surface area contributed by atoms with Gasteiger partial charge in [-0.3, -0.25) is 4.57 Å². The number of fused-ring (bicyclic) bond motifs is 1. The Morgan fingerprint density at radius 3 is 2.63 bits per heavy atom. The van der Waals surface area contributed by atoms with Crippen LogP contribution >= 0.6 is 0 Å². The van der Waals surface area contributed by atoms with Crippen molar-refractivity contribution in [2.75, 3.05) is 0 Å². The summed E-state index contributed by atoms with van der Waals surface area (Å²) in [6.45, 7) is 7.78. The lowest BCUT2D eigenvalue weighted by Crippen LogP contribution is -2.26. The molecule has 0 fully saturated rings. The van der Waals surface area contributed by atoms with Crippen LogP contribution in [0.3, 0.4) is 0 Å². The summed E-state index contributed by atoms with van der Waals surface area (Å²) in [5.74, 6) is 0. The number of aromatic nitrogens is 1. The molecule has 1 aromatic heterocycles. The van der Waals surface area contributed by atoms with Crippen LogP contribution in [0.5, 0.6) is 0 Å². The minimum Gasteiger partial charge on any atom is -0.443 e. The predicted molar refractivity (Wildman–Crippen MR) is 77.6 cm³/mol. The van der Waals surface area contributed by atoms with Crippen LogP contribution < -0.4 is 0 Å². The van der Waals surface area contributed by atoms with Crippen molar-refractivity contribution in [2.45, 2.75) is 46.1 Å². The monoisotopic (exact) mass is 259 g/mol. The van der Waals surface area contributed by atoms with Crippen molar-refractivity contribution in [3.63, 3.8) is 0 Å². The molecule has 0 atom stereocenters. The summed E-state index contributed by atoms with van der Waals surface area (Å²) in [6.07, 6.45) is 3.63. The fourth-order valence-corrected chi connectivity index (χ4v) is 2.11. The lowest BCUT2D eigenvalue weighted by molar-refractivity contribution is 0.0544. The van der Waals surface area contributed by atoms with Crippen LogP contribution in [0.1, 0.15) is 39.7 Å². The number of hydrogen-bond donors (Lipinski definition) is 0. The molecular weight excluding hydrogens is 238 g/mol. The van der Waals surface area contributed by atoms with Gasteiger partial charge in [-0.2, -0.15) is 0 Å². The van der Waals surface area contributed by atoms with Crippen LogP contribution in [0.4, 0.5) is 4.79 Å². The number of nitrogens with zero attached hydrogens (tertiary/aromatic N) is 1. The highest BCUT2D eigenvalue weighted by Crippen LogP contribution is 2.20. The molecule has 1 heterocycles. The lowest BCUT2D eigenvalue weighted by Gasteiger charge is -2.19. The number of carbonyl (C=O) groups is 1. The van der Waals surface area contributed by atoms with E-state index in [-0.39, 0.29) is 6.09 Å². The number of benzene rings is 1. The van der Waals surface area contributed by atoms with Crippen molar-refractivity contribution in [1.82, 2.24) is 4.57 Å². The number of ether oxygens (including phenoxy) is 1. The zero-order chi connectivity index (χ0) is 14.0. The van der Waals surface area contributed by atoms with E-state index < -0.39 is 5.60 Å². The van der Waals surface area contributed by atoms with Gasteiger partial charge in [0.2, 0.25) is 0 Å². The molecule has 0 aliphatic carbocycles. The van der Waals surface area contributed by atoms with E-state index >= 15 is 0 Å². The van der Waals surface area contributed by atoms with E-state index in [0.29, 0.717) is 0 Å². The second-order valence-corrected chi connectivity index (χ2v) is 5.81. The minimum absolute atomic E-state index is 0.328. The third kappa shape index (κ3) is 3.16. The van der Waals surface area contributed by atoms with Gasteiger partial charge in [0.15, 0.2) is 0 Å². The highest BCUT2D eigenvalue weighted by atomic mass is 16.6. The molecule has 3 heteroatoms. The first-order chi connectivity index (χ1) is 8.90. The van der Waals surface area contributed by atoms with Crippen LogP contribution in [0, 0.1) is 0 Å². The van der Waals surface area contributed by atoms with Crippen LogP contribution in [0.25, 0.3) is 10.9 Å². The number of hydrogen-bond acceptors (Lipinski definition) is 2. The molecule has 2 rings (SSSR count).